The maximum atomic E-state index is 11.4. The molecule has 1 rings (SSSR count). The Balaban J connectivity index is 2.38. The molecule has 0 amide bonds. The zero-order valence-corrected chi connectivity index (χ0v) is 16.1. The van der Waals surface area contributed by atoms with Gasteiger partial charge in [-0.05, 0) is 30.9 Å². The zero-order chi connectivity index (χ0) is 16.2. The smallest absolute Gasteiger partial charge is 0.335 e. The standard InChI is InChI=1S/C18H24Br2O2/c1-2-18(21)22-17-12-8-7-10-15(17)14-16(20)11-6-4-3-5-9-13-19/h2,7-8,10,12,16H,1,3-6,9,11,13-14H2. The predicted molar refractivity (Wildman–Crippen MR) is 100 cm³/mol. The van der Waals surface area contributed by atoms with Crippen molar-refractivity contribution < 1.29 is 9.53 Å². The first kappa shape index (κ1) is 19.4. The molecule has 1 unspecified atom stereocenters. The van der Waals surface area contributed by atoms with Crippen LogP contribution in [-0.4, -0.2) is 16.1 Å². The van der Waals surface area contributed by atoms with Gasteiger partial charge in [0.15, 0.2) is 0 Å². The maximum absolute atomic E-state index is 11.4. The second-order valence-corrected chi connectivity index (χ2v) is 7.37. The highest BCUT2D eigenvalue weighted by atomic mass is 79.9. The van der Waals surface area contributed by atoms with Crippen molar-refractivity contribution in [2.45, 2.75) is 49.8 Å². The number of esters is 1. The molecule has 0 spiro atoms. The summed E-state index contributed by atoms with van der Waals surface area (Å²) in [5.41, 5.74) is 1.05. The number of para-hydroxylation sites is 1. The molecule has 0 radical (unpaired) electrons. The minimum absolute atomic E-state index is 0.409. The van der Waals surface area contributed by atoms with Crippen LogP contribution in [-0.2, 0) is 11.2 Å². The molecule has 0 fully saturated rings. The van der Waals surface area contributed by atoms with E-state index < -0.39 is 5.97 Å². The molecule has 1 aromatic rings. The number of halogens is 2. The molecule has 0 heterocycles. The van der Waals surface area contributed by atoms with E-state index in [1.165, 1.54) is 38.2 Å². The number of rotatable bonds is 11. The van der Waals surface area contributed by atoms with Crippen molar-refractivity contribution in [3.63, 3.8) is 0 Å². The van der Waals surface area contributed by atoms with Crippen molar-refractivity contribution in [2.24, 2.45) is 0 Å². The molecular formula is C18H24Br2O2. The van der Waals surface area contributed by atoms with Gasteiger partial charge >= 0.3 is 5.97 Å². The lowest BCUT2D eigenvalue weighted by Crippen LogP contribution is -2.08. The predicted octanol–water partition coefficient (Wildman–Crippen LogP) is 5.82. The van der Waals surface area contributed by atoms with Crippen molar-refractivity contribution in [3.05, 3.63) is 42.5 Å². The molecule has 0 aromatic heterocycles. The molecule has 0 saturated heterocycles. The maximum Gasteiger partial charge on any atom is 0.335 e. The summed E-state index contributed by atoms with van der Waals surface area (Å²) in [7, 11) is 0. The number of hydrogen-bond acceptors (Lipinski definition) is 2. The van der Waals surface area contributed by atoms with Crippen molar-refractivity contribution in [3.8, 4) is 5.75 Å². The molecule has 2 nitrogen and oxygen atoms in total. The summed E-state index contributed by atoms with van der Waals surface area (Å²) in [6, 6.07) is 7.69. The fourth-order valence-electron chi connectivity index (χ4n) is 2.25. The van der Waals surface area contributed by atoms with E-state index in [0.29, 0.717) is 10.6 Å². The second-order valence-electron chi connectivity index (χ2n) is 5.28. The Morgan fingerprint density at radius 1 is 1.18 bits per heavy atom. The number of ether oxygens (including phenoxy) is 1. The van der Waals surface area contributed by atoms with Gasteiger partial charge in [0.05, 0.1) is 0 Å². The second kappa shape index (κ2) is 11.9. The van der Waals surface area contributed by atoms with Crippen LogP contribution in [0, 0.1) is 0 Å². The summed E-state index contributed by atoms with van der Waals surface area (Å²) in [5.74, 6) is 0.222. The highest BCUT2D eigenvalue weighted by Crippen LogP contribution is 2.24. The fraction of sp³-hybridized carbons (Fsp3) is 0.500. The van der Waals surface area contributed by atoms with Crippen LogP contribution in [0.4, 0.5) is 0 Å². The summed E-state index contributed by atoms with van der Waals surface area (Å²) in [5, 5.41) is 1.11. The molecule has 122 valence electrons. The number of benzene rings is 1. The number of carbonyl (C=O) groups excluding carboxylic acids is 1. The van der Waals surface area contributed by atoms with Crippen LogP contribution in [0.1, 0.15) is 44.1 Å². The third kappa shape index (κ3) is 8.14. The zero-order valence-electron chi connectivity index (χ0n) is 12.9. The van der Waals surface area contributed by atoms with E-state index in [4.69, 9.17) is 4.74 Å². The third-order valence-electron chi connectivity index (χ3n) is 3.44. The Morgan fingerprint density at radius 3 is 2.59 bits per heavy atom. The Kier molecular flexibility index (Phi) is 10.5. The van der Waals surface area contributed by atoms with Gasteiger partial charge in [0, 0.05) is 16.2 Å². The average Bonchev–Trinajstić information content (AvgIpc) is 2.52. The van der Waals surface area contributed by atoms with Crippen LogP contribution in [0.5, 0.6) is 5.75 Å². The van der Waals surface area contributed by atoms with Gasteiger partial charge in [-0.1, -0.05) is 82.3 Å². The monoisotopic (exact) mass is 430 g/mol. The Morgan fingerprint density at radius 2 is 1.86 bits per heavy atom. The minimum Gasteiger partial charge on any atom is -0.423 e. The molecule has 0 bridgehead atoms. The van der Waals surface area contributed by atoms with Gasteiger partial charge in [-0.25, -0.2) is 4.79 Å². The van der Waals surface area contributed by atoms with Crippen LogP contribution < -0.4 is 4.74 Å². The summed E-state index contributed by atoms with van der Waals surface area (Å²) < 4.78 is 5.28. The van der Waals surface area contributed by atoms with Gasteiger partial charge in [0.1, 0.15) is 5.75 Å². The van der Waals surface area contributed by atoms with E-state index in [2.05, 4.69) is 38.4 Å². The van der Waals surface area contributed by atoms with Crippen LogP contribution in [0.25, 0.3) is 0 Å². The van der Waals surface area contributed by atoms with Crippen LogP contribution in [0.3, 0.4) is 0 Å². The molecule has 4 heteroatoms. The SMILES string of the molecule is C=CC(=O)Oc1ccccc1CC(Br)CCCCCCCBr. The molecule has 0 saturated carbocycles. The lowest BCUT2D eigenvalue weighted by atomic mass is 10.0. The lowest BCUT2D eigenvalue weighted by molar-refractivity contribution is -0.129. The first-order valence-electron chi connectivity index (χ1n) is 7.79. The number of hydrogen-bond donors (Lipinski definition) is 0. The summed E-state index contributed by atoms with van der Waals surface area (Å²) in [6.07, 6.45) is 9.57. The Labute approximate surface area is 150 Å². The van der Waals surface area contributed by atoms with E-state index >= 15 is 0 Å². The molecule has 0 N–H and O–H groups in total. The van der Waals surface area contributed by atoms with Gasteiger partial charge < -0.3 is 4.74 Å². The number of alkyl halides is 2. The van der Waals surface area contributed by atoms with Crippen molar-refractivity contribution in [1.29, 1.82) is 0 Å². The van der Waals surface area contributed by atoms with Gasteiger partial charge in [0.2, 0.25) is 0 Å². The van der Waals surface area contributed by atoms with Gasteiger partial charge in [-0.3, -0.25) is 0 Å². The van der Waals surface area contributed by atoms with E-state index in [-0.39, 0.29) is 0 Å². The Hall–Kier alpha value is -0.610. The van der Waals surface area contributed by atoms with Gasteiger partial charge in [-0.2, -0.15) is 0 Å². The summed E-state index contributed by atoms with van der Waals surface area (Å²) in [4.78, 5) is 11.8. The van der Waals surface area contributed by atoms with Gasteiger partial charge in [0.25, 0.3) is 0 Å². The van der Waals surface area contributed by atoms with Crippen LogP contribution >= 0.6 is 31.9 Å². The molecule has 0 aliphatic carbocycles. The van der Waals surface area contributed by atoms with Crippen molar-refractivity contribution in [2.75, 3.05) is 5.33 Å². The van der Waals surface area contributed by atoms with E-state index in [0.717, 1.165) is 23.7 Å². The summed E-state index contributed by atoms with van der Waals surface area (Å²) in [6.45, 7) is 3.43. The quantitative estimate of drug-likeness (QED) is 0.145. The van der Waals surface area contributed by atoms with E-state index in [1.54, 1.807) is 0 Å². The fourth-order valence-corrected chi connectivity index (χ4v) is 3.32. The summed E-state index contributed by atoms with van der Waals surface area (Å²) >= 11 is 7.20. The number of carbonyl (C=O) groups is 1. The van der Waals surface area contributed by atoms with Gasteiger partial charge in [-0.15, -0.1) is 0 Å². The number of unbranched alkanes of at least 4 members (excludes halogenated alkanes) is 4. The highest BCUT2D eigenvalue weighted by molar-refractivity contribution is 9.09. The minimum atomic E-state index is -0.412. The molecule has 0 aliphatic rings. The topological polar surface area (TPSA) is 26.3 Å². The molecule has 1 atom stereocenters. The highest BCUT2D eigenvalue weighted by Gasteiger charge is 2.11. The van der Waals surface area contributed by atoms with Crippen LogP contribution in [0.2, 0.25) is 0 Å². The Bertz CT molecular complexity index is 460. The first-order valence-corrected chi connectivity index (χ1v) is 9.83. The molecular weight excluding hydrogens is 408 g/mol. The molecule has 1 aromatic carbocycles. The molecule has 0 aliphatic heterocycles. The van der Waals surface area contributed by atoms with Crippen molar-refractivity contribution in [1.82, 2.24) is 0 Å². The van der Waals surface area contributed by atoms with Crippen LogP contribution in [0.15, 0.2) is 36.9 Å². The van der Waals surface area contributed by atoms with E-state index in [1.807, 2.05) is 24.3 Å². The lowest BCUT2D eigenvalue weighted by Gasteiger charge is -2.13. The molecule has 22 heavy (non-hydrogen) atoms. The normalized spacial score (nSPS) is 11.9. The van der Waals surface area contributed by atoms with E-state index in [9.17, 15) is 4.79 Å². The first-order chi connectivity index (χ1) is 10.7. The average molecular weight is 432 g/mol. The largest absolute Gasteiger partial charge is 0.423 e. The van der Waals surface area contributed by atoms with Crippen molar-refractivity contribution >= 4 is 37.8 Å². The third-order valence-corrected chi connectivity index (χ3v) is 4.78.